The van der Waals surface area contributed by atoms with Crippen molar-refractivity contribution in [2.75, 3.05) is 0 Å². The summed E-state index contributed by atoms with van der Waals surface area (Å²) in [6.07, 6.45) is 6.04. The van der Waals surface area contributed by atoms with Crippen molar-refractivity contribution in [1.82, 2.24) is 0 Å². The molecule has 0 atom stereocenters. The lowest BCUT2D eigenvalue weighted by atomic mass is 9.88. The van der Waals surface area contributed by atoms with Gasteiger partial charge in [-0.3, -0.25) is 4.79 Å². The summed E-state index contributed by atoms with van der Waals surface area (Å²) in [5, 5.41) is 0. The molecule has 0 spiro atoms. The maximum atomic E-state index is 11.0. The summed E-state index contributed by atoms with van der Waals surface area (Å²) in [6.45, 7) is 12.1. The van der Waals surface area contributed by atoms with Crippen molar-refractivity contribution in [3.05, 3.63) is 34.9 Å². The van der Waals surface area contributed by atoms with Crippen molar-refractivity contribution in [3.8, 4) is 0 Å². The number of ketones is 1. The van der Waals surface area contributed by atoms with E-state index in [1.54, 1.807) is 6.92 Å². The van der Waals surface area contributed by atoms with E-state index >= 15 is 0 Å². The molecule has 0 bridgehead atoms. The monoisotopic (exact) mass is 276 g/mol. The van der Waals surface area contributed by atoms with E-state index in [0.717, 1.165) is 12.3 Å². The molecular weight excluding hydrogens is 244 g/mol. The van der Waals surface area contributed by atoms with E-state index in [2.05, 4.69) is 39.0 Å². The highest BCUT2D eigenvalue weighted by Crippen LogP contribution is 2.24. The molecule has 1 nitrogen and oxygen atoms in total. The van der Waals surface area contributed by atoms with E-state index in [0.29, 0.717) is 6.42 Å². The van der Waals surface area contributed by atoms with Crippen LogP contribution in [0.2, 0.25) is 0 Å². The van der Waals surface area contributed by atoms with E-state index in [4.69, 9.17) is 0 Å². The van der Waals surface area contributed by atoms with Crippen LogP contribution in [0, 0.1) is 12.8 Å². The highest BCUT2D eigenvalue weighted by atomic mass is 16.1. The summed E-state index contributed by atoms with van der Waals surface area (Å²) in [6, 6.07) is 6.22. The van der Waals surface area contributed by atoms with E-state index in [9.17, 15) is 4.79 Å². The van der Waals surface area contributed by atoms with E-state index in [1.807, 2.05) is 13.8 Å². The van der Waals surface area contributed by atoms with Gasteiger partial charge in [0.15, 0.2) is 0 Å². The van der Waals surface area contributed by atoms with Gasteiger partial charge in [-0.15, -0.1) is 0 Å². The van der Waals surface area contributed by atoms with Crippen molar-refractivity contribution >= 4 is 5.78 Å². The fourth-order valence-corrected chi connectivity index (χ4v) is 2.21. The average Bonchev–Trinajstić information content (AvgIpc) is 2.41. The van der Waals surface area contributed by atoms with Gasteiger partial charge in [-0.25, -0.2) is 0 Å². The summed E-state index contributed by atoms with van der Waals surface area (Å²) in [4.78, 5) is 11.0. The first-order valence-electron chi connectivity index (χ1n) is 8.11. The Kier molecular flexibility index (Phi) is 10.1. The summed E-state index contributed by atoms with van der Waals surface area (Å²) in [5.74, 6) is 1.30. The van der Waals surface area contributed by atoms with Crippen LogP contribution in [0.5, 0.6) is 0 Å². The Hall–Kier alpha value is -1.11. The van der Waals surface area contributed by atoms with E-state index in [1.165, 1.54) is 36.0 Å². The largest absolute Gasteiger partial charge is 0.300 e. The molecule has 0 saturated heterocycles. The van der Waals surface area contributed by atoms with Gasteiger partial charge >= 0.3 is 0 Å². The molecule has 0 aromatic heterocycles. The van der Waals surface area contributed by atoms with E-state index < -0.39 is 0 Å². The smallest absolute Gasteiger partial charge is 0.134 e. The molecule has 2 rings (SSSR count). The number of aryl methyl sites for hydroxylation is 2. The standard InChI is InChI=1S/C12H16O.C5H10.C2H6/c1-4-11-7-5-6-9(2)12(11)8-10(3)13;1-5-3-2-4-5;1-2/h5-7H,4,8H2,1-3H3;5H,2-4H2,1H3;1-2H3. The van der Waals surface area contributed by atoms with Crippen LogP contribution in [0.1, 0.15) is 70.6 Å². The fourth-order valence-electron chi connectivity index (χ4n) is 2.21. The van der Waals surface area contributed by atoms with Crippen molar-refractivity contribution in [1.29, 1.82) is 0 Å². The van der Waals surface area contributed by atoms with Gasteiger partial charge in [0.2, 0.25) is 0 Å². The van der Waals surface area contributed by atoms with Gasteiger partial charge in [0.05, 0.1) is 0 Å². The van der Waals surface area contributed by atoms with E-state index in [-0.39, 0.29) is 5.78 Å². The lowest BCUT2D eigenvalue weighted by Gasteiger charge is -2.18. The molecule has 0 N–H and O–H groups in total. The third-order valence-electron chi connectivity index (χ3n) is 3.71. The quantitative estimate of drug-likeness (QED) is 0.710. The van der Waals surface area contributed by atoms with Gasteiger partial charge in [-0.1, -0.05) is 65.2 Å². The van der Waals surface area contributed by atoms with Crippen LogP contribution in [0.4, 0.5) is 0 Å². The molecule has 1 aromatic rings. The van der Waals surface area contributed by atoms with Crippen LogP contribution in [0.15, 0.2) is 18.2 Å². The zero-order valence-electron chi connectivity index (χ0n) is 14.3. The normalized spacial score (nSPS) is 13.3. The summed E-state index contributed by atoms with van der Waals surface area (Å²) < 4.78 is 0. The minimum Gasteiger partial charge on any atom is -0.300 e. The first-order chi connectivity index (χ1) is 9.54. The molecule has 114 valence electrons. The Morgan fingerprint density at radius 3 is 2.15 bits per heavy atom. The van der Waals surface area contributed by atoms with Gasteiger partial charge in [0, 0.05) is 6.42 Å². The van der Waals surface area contributed by atoms with Crippen molar-refractivity contribution in [3.63, 3.8) is 0 Å². The first-order valence-corrected chi connectivity index (χ1v) is 8.11. The van der Waals surface area contributed by atoms with Crippen LogP contribution >= 0.6 is 0 Å². The topological polar surface area (TPSA) is 17.1 Å². The van der Waals surface area contributed by atoms with Crippen LogP contribution in [-0.4, -0.2) is 5.78 Å². The molecule has 1 heteroatoms. The molecule has 0 heterocycles. The van der Waals surface area contributed by atoms with Crippen LogP contribution < -0.4 is 0 Å². The minimum absolute atomic E-state index is 0.240. The van der Waals surface area contributed by atoms with Gasteiger partial charge in [-0.05, 0) is 42.9 Å². The molecule has 1 saturated carbocycles. The van der Waals surface area contributed by atoms with Gasteiger partial charge in [-0.2, -0.15) is 0 Å². The number of rotatable bonds is 3. The second-order valence-electron chi connectivity index (χ2n) is 5.48. The molecule has 20 heavy (non-hydrogen) atoms. The number of hydrogen-bond donors (Lipinski definition) is 0. The summed E-state index contributed by atoms with van der Waals surface area (Å²) >= 11 is 0. The first kappa shape index (κ1) is 18.9. The number of carbonyl (C=O) groups excluding carboxylic acids is 1. The SMILES string of the molecule is CC.CC1CCC1.CCc1cccc(C)c1CC(C)=O. The molecule has 0 unspecified atom stereocenters. The molecule has 0 amide bonds. The predicted molar refractivity (Wildman–Crippen MR) is 89.3 cm³/mol. The lowest BCUT2D eigenvalue weighted by molar-refractivity contribution is -0.116. The molecular formula is C19H32O. The molecule has 0 aliphatic heterocycles. The Labute approximate surface area is 125 Å². The Morgan fingerprint density at radius 2 is 1.80 bits per heavy atom. The predicted octanol–water partition coefficient (Wildman–Crippen LogP) is 5.52. The molecule has 1 aliphatic carbocycles. The minimum atomic E-state index is 0.240. The maximum Gasteiger partial charge on any atom is 0.134 e. The highest BCUT2D eigenvalue weighted by molar-refractivity contribution is 5.79. The molecule has 0 radical (unpaired) electrons. The van der Waals surface area contributed by atoms with Gasteiger partial charge < -0.3 is 0 Å². The number of benzene rings is 1. The highest BCUT2D eigenvalue weighted by Gasteiger charge is 2.09. The maximum absolute atomic E-state index is 11.0. The zero-order valence-corrected chi connectivity index (χ0v) is 14.3. The zero-order chi connectivity index (χ0) is 15.5. The van der Waals surface area contributed by atoms with Crippen molar-refractivity contribution < 1.29 is 4.79 Å². The van der Waals surface area contributed by atoms with Crippen LogP contribution in [0.25, 0.3) is 0 Å². The Bertz CT molecular complexity index is 389. The summed E-state index contributed by atoms with van der Waals surface area (Å²) in [5.41, 5.74) is 3.75. The number of carbonyl (C=O) groups is 1. The Morgan fingerprint density at radius 1 is 1.25 bits per heavy atom. The number of hydrogen-bond acceptors (Lipinski definition) is 1. The van der Waals surface area contributed by atoms with Crippen LogP contribution in [0.3, 0.4) is 0 Å². The van der Waals surface area contributed by atoms with Crippen molar-refractivity contribution in [2.24, 2.45) is 5.92 Å². The fraction of sp³-hybridized carbons (Fsp3) is 0.632. The summed E-state index contributed by atoms with van der Waals surface area (Å²) in [7, 11) is 0. The third kappa shape index (κ3) is 6.88. The average molecular weight is 276 g/mol. The molecule has 1 fully saturated rings. The lowest BCUT2D eigenvalue weighted by Crippen LogP contribution is -2.04. The van der Waals surface area contributed by atoms with Crippen LogP contribution in [-0.2, 0) is 17.6 Å². The second-order valence-corrected chi connectivity index (χ2v) is 5.48. The number of Topliss-reactive ketones (excluding diaryl/α,β-unsaturated/α-hetero) is 1. The molecule has 1 aliphatic rings. The van der Waals surface area contributed by atoms with Crippen molar-refractivity contribution in [2.45, 2.75) is 73.6 Å². The second kappa shape index (κ2) is 10.7. The third-order valence-corrected chi connectivity index (χ3v) is 3.71. The Balaban J connectivity index is 0.000000427. The van der Waals surface area contributed by atoms with Gasteiger partial charge in [0.1, 0.15) is 5.78 Å². The molecule has 1 aromatic carbocycles. The van der Waals surface area contributed by atoms with Gasteiger partial charge in [0.25, 0.3) is 0 Å².